The first-order valence-corrected chi connectivity index (χ1v) is 9.90. The normalized spacial score (nSPS) is 21.3. The van der Waals surface area contributed by atoms with E-state index >= 15 is 0 Å². The Morgan fingerprint density at radius 1 is 1.27 bits per heavy atom. The van der Waals surface area contributed by atoms with Crippen LogP contribution in [0, 0.1) is 0 Å². The fourth-order valence-electron chi connectivity index (χ4n) is 3.57. The smallest absolute Gasteiger partial charge is 0.260 e. The Balaban J connectivity index is 1.68. The van der Waals surface area contributed by atoms with E-state index in [9.17, 15) is 4.79 Å². The maximum absolute atomic E-state index is 12.8. The molecule has 2 aromatic heterocycles. The Kier molecular flexibility index (Phi) is 4.84. The third-order valence-corrected chi connectivity index (χ3v) is 5.73. The number of thiophene rings is 1. The molecular formula is C19H20ClN3O2S. The molecule has 3 heterocycles. The van der Waals surface area contributed by atoms with Gasteiger partial charge in [0, 0.05) is 34.6 Å². The number of aromatic nitrogens is 2. The van der Waals surface area contributed by atoms with Crippen molar-refractivity contribution < 1.29 is 4.74 Å². The molecule has 1 N–H and O–H groups in total. The lowest BCUT2D eigenvalue weighted by molar-refractivity contribution is -0.0710. The van der Waals surface area contributed by atoms with Crippen molar-refractivity contribution in [3.63, 3.8) is 0 Å². The fraction of sp³-hybridized carbons (Fsp3) is 0.368. The predicted molar refractivity (Wildman–Crippen MR) is 106 cm³/mol. The molecule has 0 saturated carbocycles. The second kappa shape index (κ2) is 7.12. The number of rotatable bonds is 3. The summed E-state index contributed by atoms with van der Waals surface area (Å²) in [5.74, 6) is 0.691. The highest BCUT2D eigenvalue weighted by atomic mass is 35.5. The van der Waals surface area contributed by atoms with E-state index in [1.165, 1.54) is 11.3 Å². The molecule has 4 rings (SSSR count). The van der Waals surface area contributed by atoms with Crippen molar-refractivity contribution in [1.82, 2.24) is 14.9 Å². The summed E-state index contributed by atoms with van der Waals surface area (Å²) in [6.07, 6.45) is 0.366. The number of H-pyrrole nitrogens is 1. The van der Waals surface area contributed by atoms with E-state index in [1.807, 2.05) is 29.6 Å². The van der Waals surface area contributed by atoms with Crippen molar-refractivity contribution in [2.45, 2.75) is 32.6 Å². The zero-order chi connectivity index (χ0) is 18.3. The van der Waals surface area contributed by atoms with Crippen molar-refractivity contribution in [3.05, 3.63) is 50.8 Å². The third-order valence-electron chi connectivity index (χ3n) is 4.53. The number of morpholine rings is 1. The van der Waals surface area contributed by atoms with Gasteiger partial charge in [0.15, 0.2) is 0 Å². The molecule has 2 unspecified atom stereocenters. The molecule has 3 aromatic rings. The molecule has 1 fully saturated rings. The van der Waals surface area contributed by atoms with Crippen LogP contribution in [-0.4, -0.2) is 40.2 Å². The number of nitrogens with one attached hydrogen (secondary N) is 1. The van der Waals surface area contributed by atoms with Gasteiger partial charge in [-0.15, -0.1) is 11.3 Å². The number of fused-ring (bicyclic) bond motifs is 1. The summed E-state index contributed by atoms with van der Waals surface area (Å²) >= 11 is 7.79. The van der Waals surface area contributed by atoms with Crippen LogP contribution in [0.15, 0.2) is 34.4 Å². The third kappa shape index (κ3) is 3.42. The van der Waals surface area contributed by atoms with E-state index in [0.29, 0.717) is 22.8 Å². The van der Waals surface area contributed by atoms with E-state index in [0.717, 1.165) is 29.0 Å². The molecule has 1 aliphatic rings. The zero-order valence-electron chi connectivity index (χ0n) is 14.7. The molecule has 0 aliphatic carbocycles. The lowest BCUT2D eigenvalue weighted by Gasteiger charge is -2.34. The monoisotopic (exact) mass is 389 g/mol. The molecule has 2 atom stereocenters. The first-order valence-electron chi connectivity index (χ1n) is 8.64. The minimum Gasteiger partial charge on any atom is -0.373 e. The molecule has 1 saturated heterocycles. The van der Waals surface area contributed by atoms with Gasteiger partial charge < -0.3 is 9.72 Å². The number of ether oxygens (including phenoxy) is 1. The molecule has 0 spiro atoms. The number of nitrogens with zero attached hydrogens (tertiary/aromatic N) is 2. The van der Waals surface area contributed by atoms with Gasteiger partial charge in [0.1, 0.15) is 10.7 Å². The van der Waals surface area contributed by atoms with Crippen LogP contribution in [-0.2, 0) is 11.3 Å². The van der Waals surface area contributed by atoms with Gasteiger partial charge in [0.05, 0.1) is 24.1 Å². The molecule has 0 bridgehead atoms. The van der Waals surface area contributed by atoms with Gasteiger partial charge >= 0.3 is 0 Å². The Labute approximate surface area is 160 Å². The number of aromatic amines is 1. The summed E-state index contributed by atoms with van der Waals surface area (Å²) in [6, 6.07) is 7.55. The van der Waals surface area contributed by atoms with Crippen LogP contribution < -0.4 is 5.56 Å². The van der Waals surface area contributed by atoms with Gasteiger partial charge in [-0.25, -0.2) is 4.98 Å². The number of benzene rings is 1. The van der Waals surface area contributed by atoms with E-state index < -0.39 is 0 Å². The molecule has 136 valence electrons. The van der Waals surface area contributed by atoms with Gasteiger partial charge in [-0.3, -0.25) is 9.69 Å². The Morgan fingerprint density at radius 3 is 2.73 bits per heavy atom. The highest BCUT2D eigenvalue weighted by molar-refractivity contribution is 7.17. The summed E-state index contributed by atoms with van der Waals surface area (Å²) in [5, 5.41) is 3.19. The molecule has 5 nitrogen and oxygen atoms in total. The summed E-state index contributed by atoms with van der Waals surface area (Å²) < 4.78 is 5.77. The average molecular weight is 390 g/mol. The van der Waals surface area contributed by atoms with Gasteiger partial charge in [-0.1, -0.05) is 29.8 Å². The lowest BCUT2D eigenvalue weighted by atomic mass is 10.1. The Bertz CT molecular complexity index is 990. The van der Waals surface area contributed by atoms with Crippen molar-refractivity contribution in [1.29, 1.82) is 0 Å². The van der Waals surface area contributed by atoms with Crippen LogP contribution in [0.4, 0.5) is 0 Å². The minimum atomic E-state index is -0.115. The second-order valence-electron chi connectivity index (χ2n) is 6.77. The largest absolute Gasteiger partial charge is 0.373 e. The van der Waals surface area contributed by atoms with Crippen LogP contribution >= 0.6 is 22.9 Å². The first kappa shape index (κ1) is 17.7. The number of halogens is 1. The van der Waals surface area contributed by atoms with Crippen molar-refractivity contribution >= 4 is 33.2 Å². The summed E-state index contributed by atoms with van der Waals surface area (Å²) in [7, 11) is 0. The number of hydrogen-bond donors (Lipinski definition) is 1. The van der Waals surface area contributed by atoms with E-state index in [-0.39, 0.29) is 17.8 Å². The van der Waals surface area contributed by atoms with Crippen molar-refractivity contribution in [3.8, 4) is 11.1 Å². The highest BCUT2D eigenvalue weighted by Gasteiger charge is 2.23. The standard InChI is InChI=1S/C19H20ClN3O2S/c1-11-7-23(8-12(2)25-11)9-16-21-18(24)17-14(10-26-19(17)22-16)13-5-3-4-6-15(13)20/h3-6,10-12H,7-9H2,1-2H3,(H,21,22,24). The Morgan fingerprint density at radius 2 is 2.00 bits per heavy atom. The lowest BCUT2D eigenvalue weighted by Crippen LogP contribution is -2.45. The topological polar surface area (TPSA) is 58.2 Å². The van der Waals surface area contributed by atoms with Crippen LogP contribution in [0.1, 0.15) is 19.7 Å². The molecule has 0 radical (unpaired) electrons. The van der Waals surface area contributed by atoms with Crippen LogP contribution in [0.3, 0.4) is 0 Å². The summed E-state index contributed by atoms with van der Waals surface area (Å²) in [6.45, 7) is 6.42. The van der Waals surface area contributed by atoms with Gasteiger partial charge in [-0.2, -0.15) is 0 Å². The van der Waals surface area contributed by atoms with E-state index in [2.05, 4.69) is 23.7 Å². The van der Waals surface area contributed by atoms with Gasteiger partial charge in [0.25, 0.3) is 5.56 Å². The van der Waals surface area contributed by atoms with Crippen molar-refractivity contribution in [2.75, 3.05) is 13.1 Å². The molecule has 0 amide bonds. The summed E-state index contributed by atoms with van der Waals surface area (Å²) in [5.41, 5.74) is 1.58. The maximum Gasteiger partial charge on any atom is 0.260 e. The van der Waals surface area contributed by atoms with E-state index in [1.54, 1.807) is 0 Å². The predicted octanol–water partition coefficient (Wildman–Crippen LogP) is 3.91. The number of hydrogen-bond acceptors (Lipinski definition) is 5. The van der Waals surface area contributed by atoms with E-state index in [4.69, 9.17) is 21.3 Å². The summed E-state index contributed by atoms with van der Waals surface area (Å²) in [4.78, 5) is 23.4. The van der Waals surface area contributed by atoms with Crippen molar-refractivity contribution in [2.24, 2.45) is 0 Å². The maximum atomic E-state index is 12.8. The molecule has 1 aliphatic heterocycles. The van der Waals surface area contributed by atoms with Crippen LogP contribution in [0.5, 0.6) is 0 Å². The minimum absolute atomic E-state index is 0.115. The van der Waals surface area contributed by atoms with Gasteiger partial charge in [0.2, 0.25) is 0 Å². The molecule has 26 heavy (non-hydrogen) atoms. The fourth-order valence-corrected chi connectivity index (χ4v) is 4.77. The van der Waals surface area contributed by atoms with Gasteiger partial charge in [-0.05, 0) is 19.9 Å². The molecule has 1 aromatic carbocycles. The van der Waals surface area contributed by atoms with Crippen LogP contribution in [0.2, 0.25) is 5.02 Å². The quantitative estimate of drug-likeness (QED) is 0.737. The highest BCUT2D eigenvalue weighted by Crippen LogP contribution is 2.34. The average Bonchev–Trinajstić information content (AvgIpc) is 2.98. The zero-order valence-corrected chi connectivity index (χ0v) is 16.2. The van der Waals surface area contributed by atoms with Crippen LogP contribution in [0.25, 0.3) is 21.3 Å². The second-order valence-corrected chi connectivity index (χ2v) is 8.04. The first-order chi connectivity index (χ1) is 12.5. The molecule has 7 heteroatoms. The SMILES string of the molecule is CC1CN(Cc2nc3scc(-c4ccccc4Cl)c3c(=O)[nH]2)CC(C)O1. The molecular weight excluding hydrogens is 370 g/mol. The Hall–Kier alpha value is -1.73.